The van der Waals surface area contributed by atoms with Gasteiger partial charge in [0.25, 0.3) is 0 Å². The van der Waals surface area contributed by atoms with Gasteiger partial charge in [-0.2, -0.15) is 0 Å². The number of alkyl halides is 1. The summed E-state index contributed by atoms with van der Waals surface area (Å²) in [6.45, 7) is 0.845. The summed E-state index contributed by atoms with van der Waals surface area (Å²) in [7, 11) is 0. The molecule has 1 N–H and O–H groups in total. The van der Waals surface area contributed by atoms with Crippen molar-refractivity contribution in [2.45, 2.75) is 12.0 Å². The molecule has 10 heavy (non-hydrogen) atoms. The van der Waals surface area contributed by atoms with Crippen LogP contribution in [0.4, 0.5) is 0 Å². The zero-order valence-electron chi connectivity index (χ0n) is 5.34. The summed E-state index contributed by atoms with van der Waals surface area (Å²) < 4.78 is 0. The molecule has 0 fully saturated rings. The van der Waals surface area contributed by atoms with Crippen LogP contribution in [0.5, 0.6) is 0 Å². The molecule has 0 amide bonds. The number of rotatable bonds is 0. The van der Waals surface area contributed by atoms with E-state index in [9.17, 15) is 0 Å². The van der Waals surface area contributed by atoms with Gasteiger partial charge < -0.3 is 0 Å². The molecule has 2 rings (SSSR count). The topological polar surface area (TPSA) is 24.9 Å². The summed E-state index contributed by atoms with van der Waals surface area (Å²) in [4.78, 5) is 3.99. The van der Waals surface area contributed by atoms with E-state index in [2.05, 4.69) is 10.3 Å². The van der Waals surface area contributed by atoms with E-state index in [1.807, 2.05) is 12.3 Å². The van der Waals surface area contributed by atoms with E-state index < -0.39 is 0 Å². The normalized spacial score (nSPS) is 22.7. The van der Waals surface area contributed by atoms with E-state index >= 15 is 0 Å². The highest BCUT2D eigenvalue weighted by Gasteiger charge is 2.18. The first kappa shape index (κ1) is 6.13. The summed E-state index contributed by atoms with van der Waals surface area (Å²) in [6.07, 6.45) is 3.62. The fourth-order valence-electron chi connectivity index (χ4n) is 1.14. The second-order valence-electron chi connectivity index (χ2n) is 2.32. The van der Waals surface area contributed by atoms with Crippen LogP contribution in [0.1, 0.15) is 16.6 Å². The van der Waals surface area contributed by atoms with Crippen molar-refractivity contribution in [3.8, 4) is 0 Å². The third kappa shape index (κ3) is 0.805. The number of nitrogens with one attached hydrogen (secondary N) is 1. The van der Waals surface area contributed by atoms with Crippen LogP contribution in [0, 0.1) is 0 Å². The van der Waals surface area contributed by atoms with E-state index in [1.54, 1.807) is 6.20 Å². The number of fused-ring (bicyclic) bond motifs is 1. The van der Waals surface area contributed by atoms with Crippen LogP contribution in [-0.4, -0.2) is 4.98 Å². The molecule has 0 aromatic carbocycles. The number of aromatic nitrogens is 1. The van der Waals surface area contributed by atoms with Gasteiger partial charge in [0.15, 0.2) is 0 Å². The van der Waals surface area contributed by atoms with Crippen LogP contribution in [0.2, 0.25) is 0 Å². The standard InChI is InChI=1S/C7H7ClN2/c8-7-6-1-2-9-3-5(6)4-10-7/h1-3,7,10H,4H2. The number of hydrogen-bond acceptors (Lipinski definition) is 2. The maximum Gasteiger partial charge on any atom is 0.109 e. The Labute approximate surface area is 64.2 Å². The van der Waals surface area contributed by atoms with Gasteiger partial charge in [0, 0.05) is 18.9 Å². The Balaban J connectivity index is 2.51. The van der Waals surface area contributed by atoms with Gasteiger partial charge in [-0.15, -0.1) is 11.6 Å². The lowest BCUT2D eigenvalue weighted by molar-refractivity contribution is 0.739. The van der Waals surface area contributed by atoms with Gasteiger partial charge in [0.05, 0.1) is 0 Å². The molecule has 3 heteroatoms. The van der Waals surface area contributed by atoms with Gasteiger partial charge in [-0.1, -0.05) is 0 Å². The maximum absolute atomic E-state index is 5.90. The number of halogens is 1. The van der Waals surface area contributed by atoms with Crippen LogP contribution in [0.25, 0.3) is 0 Å². The Morgan fingerprint density at radius 1 is 1.70 bits per heavy atom. The van der Waals surface area contributed by atoms with E-state index in [1.165, 1.54) is 5.56 Å². The lowest BCUT2D eigenvalue weighted by atomic mass is 10.2. The minimum atomic E-state index is -0.0157. The van der Waals surface area contributed by atoms with Crippen LogP contribution >= 0.6 is 11.6 Å². The molecule has 1 unspecified atom stereocenters. The van der Waals surface area contributed by atoms with Crippen LogP contribution < -0.4 is 5.32 Å². The largest absolute Gasteiger partial charge is 0.293 e. The molecule has 1 aromatic rings. The van der Waals surface area contributed by atoms with Crippen LogP contribution in [-0.2, 0) is 6.54 Å². The van der Waals surface area contributed by atoms with E-state index in [0.29, 0.717) is 0 Å². The molecular formula is C7H7ClN2. The molecule has 0 saturated heterocycles. The molecule has 2 heterocycles. The average molecular weight is 155 g/mol. The van der Waals surface area contributed by atoms with Crippen molar-refractivity contribution in [3.05, 3.63) is 29.6 Å². The fourth-order valence-corrected chi connectivity index (χ4v) is 1.43. The smallest absolute Gasteiger partial charge is 0.109 e. The molecule has 1 aromatic heterocycles. The minimum Gasteiger partial charge on any atom is -0.293 e. The van der Waals surface area contributed by atoms with Crippen molar-refractivity contribution >= 4 is 11.6 Å². The monoisotopic (exact) mass is 154 g/mol. The highest BCUT2D eigenvalue weighted by atomic mass is 35.5. The summed E-state index contributed by atoms with van der Waals surface area (Å²) >= 11 is 5.90. The molecule has 2 nitrogen and oxygen atoms in total. The zero-order valence-corrected chi connectivity index (χ0v) is 6.10. The van der Waals surface area contributed by atoms with Crippen molar-refractivity contribution < 1.29 is 0 Å². The van der Waals surface area contributed by atoms with Gasteiger partial charge in [-0.05, 0) is 17.2 Å². The Bertz CT molecular complexity index is 249. The third-order valence-electron chi connectivity index (χ3n) is 1.69. The van der Waals surface area contributed by atoms with Crippen molar-refractivity contribution in [2.75, 3.05) is 0 Å². The molecular weight excluding hydrogens is 148 g/mol. The summed E-state index contributed by atoms with van der Waals surface area (Å²) in [5, 5.41) is 3.11. The molecule has 0 spiro atoms. The second-order valence-corrected chi connectivity index (χ2v) is 2.75. The number of pyridine rings is 1. The molecule has 0 bridgehead atoms. The molecule has 1 aliphatic rings. The predicted octanol–water partition coefficient (Wildman–Crippen LogP) is 1.42. The highest BCUT2D eigenvalue weighted by molar-refractivity contribution is 6.20. The minimum absolute atomic E-state index is 0.0157. The highest BCUT2D eigenvalue weighted by Crippen LogP contribution is 2.26. The number of nitrogens with zero attached hydrogens (tertiary/aromatic N) is 1. The maximum atomic E-state index is 5.90. The summed E-state index contributed by atoms with van der Waals surface area (Å²) in [5.74, 6) is 0. The SMILES string of the molecule is ClC1NCc2cnccc21. The third-order valence-corrected chi connectivity index (χ3v) is 2.08. The van der Waals surface area contributed by atoms with Crippen molar-refractivity contribution in [3.63, 3.8) is 0 Å². The van der Waals surface area contributed by atoms with E-state index in [4.69, 9.17) is 11.6 Å². The van der Waals surface area contributed by atoms with E-state index in [0.717, 1.165) is 12.1 Å². The van der Waals surface area contributed by atoms with Crippen molar-refractivity contribution in [2.24, 2.45) is 0 Å². The first-order chi connectivity index (χ1) is 4.88. The van der Waals surface area contributed by atoms with Crippen LogP contribution in [0.15, 0.2) is 18.5 Å². The molecule has 0 saturated carbocycles. The molecule has 0 radical (unpaired) electrons. The Morgan fingerprint density at radius 2 is 2.60 bits per heavy atom. The van der Waals surface area contributed by atoms with Crippen molar-refractivity contribution in [1.82, 2.24) is 10.3 Å². The van der Waals surface area contributed by atoms with Gasteiger partial charge in [0.1, 0.15) is 5.50 Å². The Morgan fingerprint density at radius 3 is 3.40 bits per heavy atom. The fraction of sp³-hybridized carbons (Fsp3) is 0.286. The first-order valence-corrected chi connectivity index (χ1v) is 3.62. The first-order valence-electron chi connectivity index (χ1n) is 3.18. The second kappa shape index (κ2) is 2.22. The summed E-state index contributed by atoms with van der Waals surface area (Å²) in [6, 6.07) is 1.95. The predicted molar refractivity (Wildman–Crippen MR) is 39.7 cm³/mol. The lowest BCUT2D eigenvalue weighted by Gasteiger charge is -1.98. The summed E-state index contributed by atoms with van der Waals surface area (Å²) in [5.41, 5.74) is 2.36. The van der Waals surface area contributed by atoms with E-state index in [-0.39, 0.29) is 5.50 Å². The quantitative estimate of drug-likeness (QED) is 0.452. The van der Waals surface area contributed by atoms with Gasteiger partial charge >= 0.3 is 0 Å². The Hall–Kier alpha value is -0.600. The van der Waals surface area contributed by atoms with Crippen LogP contribution in [0.3, 0.4) is 0 Å². The van der Waals surface area contributed by atoms with Crippen molar-refractivity contribution in [1.29, 1.82) is 0 Å². The lowest BCUT2D eigenvalue weighted by Crippen LogP contribution is -2.04. The van der Waals surface area contributed by atoms with Gasteiger partial charge in [-0.3, -0.25) is 10.3 Å². The molecule has 52 valence electrons. The Kier molecular flexibility index (Phi) is 1.36. The zero-order chi connectivity index (χ0) is 6.97. The van der Waals surface area contributed by atoms with Gasteiger partial charge in [-0.25, -0.2) is 0 Å². The molecule has 1 aliphatic heterocycles. The average Bonchev–Trinajstić information content (AvgIpc) is 2.34. The number of hydrogen-bond donors (Lipinski definition) is 1. The van der Waals surface area contributed by atoms with Gasteiger partial charge in [0.2, 0.25) is 0 Å². The molecule has 0 aliphatic carbocycles. The molecule has 1 atom stereocenters.